The first-order chi connectivity index (χ1) is 8.06. The van der Waals surface area contributed by atoms with Gasteiger partial charge in [0, 0.05) is 11.4 Å². The van der Waals surface area contributed by atoms with Crippen molar-refractivity contribution in [1.82, 2.24) is 0 Å². The maximum absolute atomic E-state index is 3.51. The topological polar surface area (TPSA) is 12.0 Å². The summed E-state index contributed by atoms with van der Waals surface area (Å²) in [5, 5.41) is 3.51. The molecule has 0 aliphatic heterocycles. The van der Waals surface area contributed by atoms with Gasteiger partial charge in [-0.3, -0.25) is 0 Å². The van der Waals surface area contributed by atoms with E-state index in [0.717, 1.165) is 5.69 Å². The van der Waals surface area contributed by atoms with Crippen LogP contribution in [0.15, 0.2) is 36.4 Å². The first-order valence-corrected chi connectivity index (χ1v) is 5.98. The van der Waals surface area contributed by atoms with Crippen molar-refractivity contribution in [1.29, 1.82) is 0 Å². The summed E-state index contributed by atoms with van der Waals surface area (Å²) >= 11 is 0. The van der Waals surface area contributed by atoms with Crippen molar-refractivity contribution in [2.24, 2.45) is 0 Å². The third kappa shape index (κ3) is 2.68. The minimum Gasteiger partial charge on any atom is -0.355 e. The van der Waals surface area contributed by atoms with Crippen molar-refractivity contribution in [3.63, 3.8) is 0 Å². The maximum atomic E-state index is 3.51. The molecular formula is C16H19N. The summed E-state index contributed by atoms with van der Waals surface area (Å²) in [6.45, 7) is 8.55. The van der Waals surface area contributed by atoms with Gasteiger partial charge in [-0.2, -0.15) is 0 Å². The summed E-state index contributed by atoms with van der Waals surface area (Å²) in [6.07, 6.45) is 0. The molecule has 0 aliphatic carbocycles. The van der Waals surface area contributed by atoms with Crippen molar-refractivity contribution in [3.05, 3.63) is 58.7 Å². The van der Waals surface area contributed by atoms with E-state index in [0.29, 0.717) is 0 Å². The van der Waals surface area contributed by atoms with Crippen LogP contribution in [0.2, 0.25) is 0 Å². The monoisotopic (exact) mass is 225 g/mol. The molecule has 2 aromatic carbocycles. The van der Waals surface area contributed by atoms with Crippen LogP contribution < -0.4 is 5.32 Å². The Hall–Kier alpha value is -1.76. The predicted octanol–water partition coefficient (Wildman–Crippen LogP) is 4.66. The van der Waals surface area contributed by atoms with E-state index < -0.39 is 0 Å². The van der Waals surface area contributed by atoms with E-state index in [2.05, 4.69) is 69.4 Å². The predicted molar refractivity (Wildman–Crippen MR) is 75.1 cm³/mol. The second kappa shape index (κ2) is 4.62. The molecule has 2 rings (SSSR count). The summed E-state index contributed by atoms with van der Waals surface area (Å²) in [7, 11) is 0. The molecule has 2 aromatic rings. The average Bonchev–Trinajstić information content (AvgIpc) is 2.23. The highest BCUT2D eigenvalue weighted by molar-refractivity contribution is 5.67. The molecule has 0 bridgehead atoms. The smallest absolute Gasteiger partial charge is 0.0443 e. The Kier molecular flexibility index (Phi) is 3.19. The standard InChI is InChI=1S/C16H19N/c1-11-6-5-7-15(10-11)17-16-13(3)8-12(2)9-14(16)4/h5-10,17H,1-4H3. The number of nitrogens with one attached hydrogen (secondary N) is 1. The third-order valence-electron chi connectivity index (χ3n) is 2.96. The zero-order valence-electron chi connectivity index (χ0n) is 11.0. The van der Waals surface area contributed by atoms with Crippen LogP contribution in [0.1, 0.15) is 22.3 Å². The zero-order chi connectivity index (χ0) is 12.4. The molecule has 0 heterocycles. The molecule has 0 aromatic heterocycles. The number of aryl methyl sites for hydroxylation is 4. The molecule has 0 radical (unpaired) electrons. The molecule has 0 spiro atoms. The highest BCUT2D eigenvalue weighted by Gasteiger charge is 2.03. The molecule has 1 nitrogen and oxygen atoms in total. The quantitative estimate of drug-likeness (QED) is 0.783. The van der Waals surface area contributed by atoms with Crippen LogP contribution >= 0.6 is 0 Å². The lowest BCUT2D eigenvalue weighted by Gasteiger charge is -2.14. The van der Waals surface area contributed by atoms with Crippen molar-refractivity contribution < 1.29 is 0 Å². The number of rotatable bonds is 2. The molecule has 0 saturated carbocycles. The molecule has 0 aliphatic rings. The molecule has 0 unspecified atom stereocenters. The lowest BCUT2D eigenvalue weighted by Crippen LogP contribution is -1.97. The van der Waals surface area contributed by atoms with Crippen LogP contribution in [0.5, 0.6) is 0 Å². The van der Waals surface area contributed by atoms with Crippen LogP contribution in [-0.4, -0.2) is 0 Å². The van der Waals surface area contributed by atoms with Crippen LogP contribution in [0.4, 0.5) is 11.4 Å². The molecule has 0 fully saturated rings. The van der Waals surface area contributed by atoms with Crippen LogP contribution in [0.3, 0.4) is 0 Å². The lowest BCUT2D eigenvalue weighted by atomic mass is 10.0. The van der Waals surface area contributed by atoms with Gasteiger partial charge in [0.05, 0.1) is 0 Å². The SMILES string of the molecule is Cc1cccc(Nc2c(C)cc(C)cc2C)c1. The molecule has 1 N–H and O–H groups in total. The highest BCUT2D eigenvalue weighted by Crippen LogP contribution is 2.26. The van der Waals surface area contributed by atoms with E-state index in [-0.39, 0.29) is 0 Å². The van der Waals surface area contributed by atoms with Gasteiger partial charge in [0.15, 0.2) is 0 Å². The number of anilines is 2. The van der Waals surface area contributed by atoms with Gasteiger partial charge in [-0.25, -0.2) is 0 Å². The Balaban J connectivity index is 2.36. The van der Waals surface area contributed by atoms with Crippen LogP contribution in [0, 0.1) is 27.7 Å². The van der Waals surface area contributed by atoms with Gasteiger partial charge in [-0.1, -0.05) is 29.8 Å². The molecule has 1 heteroatoms. The number of hydrogen-bond acceptors (Lipinski definition) is 1. The van der Waals surface area contributed by atoms with Gasteiger partial charge in [-0.05, 0) is 56.5 Å². The molecule has 17 heavy (non-hydrogen) atoms. The van der Waals surface area contributed by atoms with E-state index in [4.69, 9.17) is 0 Å². The number of benzene rings is 2. The van der Waals surface area contributed by atoms with E-state index in [1.165, 1.54) is 27.9 Å². The van der Waals surface area contributed by atoms with Gasteiger partial charge >= 0.3 is 0 Å². The second-order valence-corrected chi connectivity index (χ2v) is 4.77. The van der Waals surface area contributed by atoms with Gasteiger partial charge in [0.2, 0.25) is 0 Å². The second-order valence-electron chi connectivity index (χ2n) is 4.77. The largest absolute Gasteiger partial charge is 0.355 e. The van der Waals surface area contributed by atoms with Gasteiger partial charge in [-0.15, -0.1) is 0 Å². The fourth-order valence-electron chi connectivity index (χ4n) is 2.24. The zero-order valence-corrected chi connectivity index (χ0v) is 11.0. The van der Waals surface area contributed by atoms with E-state index >= 15 is 0 Å². The Labute approximate surface area is 103 Å². The molecule has 0 atom stereocenters. The summed E-state index contributed by atoms with van der Waals surface area (Å²) in [5.41, 5.74) is 7.56. The van der Waals surface area contributed by atoms with Gasteiger partial charge in [0.1, 0.15) is 0 Å². The molecule has 0 amide bonds. The summed E-state index contributed by atoms with van der Waals surface area (Å²) in [6, 6.07) is 12.9. The summed E-state index contributed by atoms with van der Waals surface area (Å²) in [4.78, 5) is 0. The summed E-state index contributed by atoms with van der Waals surface area (Å²) < 4.78 is 0. The third-order valence-corrected chi connectivity index (χ3v) is 2.96. The van der Waals surface area contributed by atoms with Crippen LogP contribution in [-0.2, 0) is 0 Å². The van der Waals surface area contributed by atoms with E-state index in [1.54, 1.807) is 0 Å². The molecule has 0 saturated heterocycles. The first kappa shape index (κ1) is 11.7. The van der Waals surface area contributed by atoms with Crippen molar-refractivity contribution in [3.8, 4) is 0 Å². The number of hydrogen-bond donors (Lipinski definition) is 1. The molecular weight excluding hydrogens is 206 g/mol. The van der Waals surface area contributed by atoms with Crippen LogP contribution in [0.25, 0.3) is 0 Å². The Morgan fingerprint density at radius 3 is 2.00 bits per heavy atom. The fraction of sp³-hybridized carbons (Fsp3) is 0.250. The Morgan fingerprint density at radius 1 is 0.765 bits per heavy atom. The summed E-state index contributed by atoms with van der Waals surface area (Å²) in [5.74, 6) is 0. The fourth-order valence-corrected chi connectivity index (χ4v) is 2.24. The highest BCUT2D eigenvalue weighted by atomic mass is 14.9. The van der Waals surface area contributed by atoms with Crippen molar-refractivity contribution in [2.45, 2.75) is 27.7 Å². The Morgan fingerprint density at radius 2 is 1.41 bits per heavy atom. The van der Waals surface area contributed by atoms with E-state index in [1.807, 2.05) is 0 Å². The minimum atomic E-state index is 1.15. The minimum absolute atomic E-state index is 1.15. The van der Waals surface area contributed by atoms with Crippen molar-refractivity contribution in [2.75, 3.05) is 5.32 Å². The van der Waals surface area contributed by atoms with Gasteiger partial charge < -0.3 is 5.32 Å². The van der Waals surface area contributed by atoms with Crippen molar-refractivity contribution >= 4 is 11.4 Å². The molecule has 88 valence electrons. The van der Waals surface area contributed by atoms with Gasteiger partial charge in [0.25, 0.3) is 0 Å². The first-order valence-electron chi connectivity index (χ1n) is 5.98. The maximum Gasteiger partial charge on any atom is 0.0443 e. The average molecular weight is 225 g/mol. The lowest BCUT2D eigenvalue weighted by molar-refractivity contribution is 1.31. The normalized spacial score (nSPS) is 10.4. The van der Waals surface area contributed by atoms with E-state index in [9.17, 15) is 0 Å². The Bertz CT molecular complexity index is 518.